The predicted octanol–water partition coefficient (Wildman–Crippen LogP) is 2.19. The van der Waals surface area contributed by atoms with Gasteiger partial charge in [0.1, 0.15) is 11.6 Å². The topological polar surface area (TPSA) is 39.1 Å². The average Bonchev–Trinajstić information content (AvgIpc) is 3.02. The van der Waals surface area contributed by atoms with E-state index in [0.717, 1.165) is 29.8 Å². The maximum atomic E-state index is 13.4. The first kappa shape index (κ1) is 13.5. The molecule has 2 unspecified atom stereocenters. The van der Waals surface area contributed by atoms with Gasteiger partial charge in [0.2, 0.25) is 0 Å². The molecule has 2 heterocycles. The van der Waals surface area contributed by atoms with E-state index in [4.69, 9.17) is 4.74 Å². The summed E-state index contributed by atoms with van der Waals surface area (Å²) >= 11 is 0. The van der Waals surface area contributed by atoms with Gasteiger partial charge in [-0.2, -0.15) is 0 Å². The van der Waals surface area contributed by atoms with Crippen LogP contribution in [0.25, 0.3) is 11.0 Å². The van der Waals surface area contributed by atoms with Crippen LogP contribution in [0.4, 0.5) is 4.39 Å². The van der Waals surface area contributed by atoms with Crippen molar-refractivity contribution in [3.05, 3.63) is 29.8 Å². The molecule has 1 aliphatic rings. The minimum absolute atomic E-state index is 0.224. The minimum atomic E-state index is -0.227. The number of imidazole rings is 1. The van der Waals surface area contributed by atoms with Gasteiger partial charge in [-0.05, 0) is 31.2 Å². The quantitative estimate of drug-likeness (QED) is 0.931. The zero-order valence-electron chi connectivity index (χ0n) is 11.9. The van der Waals surface area contributed by atoms with Crippen molar-refractivity contribution >= 4 is 11.0 Å². The lowest BCUT2D eigenvalue weighted by Crippen LogP contribution is -2.35. The Labute approximate surface area is 117 Å². The van der Waals surface area contributed by atoms with E-state index >= 15 is 0 Å². The standard InChI is InChI=1S/C15H20FN3O/c1-3-6-17-13-9-20-8-11(13)15-18-12-5-4-10(16)7-14(12)19(15)2/h4-5,7,11,13,17H,3,6,8-9H2,1-2H3. The smallest absolute Gasteiger partial charge is 0.125 e. The molecule has 1 N–H and O–H groups in total. The first-order chi connectivity index (χ1) is 9.70. The van der Waals surface area contributed by atoms with Crippen molar-refractivity contribution in [2.75, 3.05) is 19.8 Å². The van der Waals surface area contributed by atoms with Gasteiger partial charge in [0, 0.05) is 13.1 Å². The third-order valence-corrected chi connectivity index (χ3v) is 3.95. The van der Waals surface area contributed by atoms with E-state index in [2.05, 4.69) is 17.2 Å². The number of ether oxygens (including phenoxy) is 1. The van der Waals surface area contributed by atoms with Crippen molar-refractivity contribution in [2.45, 2.75) is 25.3 Å². The fourth-order valence-electron chi connectivity index (χ4n) is 2.85. The van der Waals surface area contributed by atoms with Crippen LogP contribution in [-0.4, -0.2) is 35.4 Å². The molecule has 1 aromatic heterocycles. The van der Waals surface area contributed by atoms with Crippen LogP contribution in [-0.2, 0) is 11.8 Å². The number of halogens is 1. The molecule has 0 amide bonds. The molecule has 5 heteroatoms. The third kappa shape index (κ3) is 2.31. The van der Waals surface area contributed by atoms with E-state index in [-0.39, 0.29) is 17.8 Å². The predicted molar refractivity (Wildman–Crippen MR) is 76.3 cm³/mol. The van der Waals surface area contributed by atoms with Gasteiger partial charge in [-0.25, -0.2) is 9.37 Å². The normalized spacial score (nSPS) is 22.8. The van der Waals surface area contributed by atoms with Crippen LogP contribution in [0.2, 0.25) is 0 Å². The van der Waals surface area contributed by atoms with Gasteiger partial charge in [-0.3, -0.25) is 0 Å². The summed E-state index contributed by atoms with van der Waals surface area (Å²) < 4.78 is 21.0. The molecule has 0 bridgehead atoms. The van der Waals surface area contributed by atoms with Crippen LogP contribution < -0.4 is 5.32 Å². The largest absolute Gasteiger partial charge is 0.379 e. The Bertz CT molecular complexity index is 610. The van der Waals surface area contributed by atoms with Crippen LogP contribution in [0.1, 0.15) is 25.1 Å². The van der Waals surface area contributed by atoms with Crippen molar-refractivity contribution in [3.8, 4) is 0 Å². The zero-order valence-corrected chi connectivity index (χ0v) is 11.9. The van der Waals surface area contributed by atoms with Gasteiger partial charge in [0.15, 0.2) is 0 Å². The van der Waals surface area contributed by atoms with E-state index in [1.807, 2.05) is 11.6 Å². The molecule has 3 rings (SSSR count). The number of hydrogen-bond acceptors (Lipinski definition) is 3. The maximum Gasteiger partial charge on any atom is 0.125 e. The monoisotopic (exact) mass is 277 g/mol. The molecule has 0 saturated carbocycles. The number of nitrogens with zero attached hydrogens (tertiary/aromatic N) is 2. The number of aryl methyl sites for hydroxylation is 1. The number of fused-ring (bicyclic) bond motifs is 1. The second-order valence-corrected chi connectivity index (χ2v) is 5.37. The summed E-state index contributed by atoms with van der Waals surface area (Å²) in [5.74, 6) is 0.967. The summed E-state index contributed by atoms with van der Waals surface area (Å²) in [6.45, 7) is 4.50. The molecule has 1 aromatic carbocycles. The van der Waals surface area contributed by atoms with Crippen molar-refractivity contribution in [1.29, 1.82) is 0 Å². The Kier molecular flexibility index (Phi) is 3.72. The Balaban J connectivity index is 1.94. The minimum Gasteiger partial charge on any atom is -0.379 e. The summed E-state index contributed by atoms with van der Waals surface area (Å²) in [6.07, 6.45) is 1.09. The van der Waals surface area contributed by atoms with Crippen LogP contribution in [0.5, 0.6) is 0 Å². The number of nitrogens with one attached hydrogen (secondary N) is 1. The Morgan fingerprint density at radius 2 is 2.30 bits per heavy atom. The van der Waals surface area contributed by atoms with Crippen molar-refractivity contribution in [1.82, 2.24) is 14.9 Å². The van der Waals surface area contributed by atoms with Gasteiger partial charge in [0.25, 0.3) is 0 Å². The SMILES string of the molecule is CCCNC1COCC1c1nc2ccc(F)cc2n1C. The Hall–Kier alpha value is -1.46. The van der Waals surface area contributed by atoms with E-state index < -0.39 is 0 Å². The summed E-state index contributed by atoms with van der Waals surface area (Å²) in [7, 11) is 1.94. The Morgan fingerprint density at radius 3 is 3.10 bits per heavy atom. The van der Waals surface area contributed by atoms with Crippen LogP contribution in [0, 0.1) is 5.82 Å². The molecule has 20 heavy (non-hydrogen) atoms. The third-order valence-electron chi connectivity index (χ3n) is 3.95. The van der Waals surface area contributed by atoms with E-state index in [1.54, 1.807) is 6.07 Å². The molecule has 0 aliphatic carbocycles. The van der Waals surface area contributed by atoms with Gasteiger partial charge < -0.3 is 14.6 Å². The molecule has 108 valence electrons. The molecule has 2 aromatic rings. The first-order valence-electron chi connectivity index (χ1n) is 7.13. The lowest BCUT2D eigenvalue weighted by Gasteiger charge is -2.18. The van der Waals surface area contributed by atoms with Crippen molar-refractivity contribution in [3.63, 3.8) is 0 Å². The zero-order chi connectivity index (χ0) is 14.1. The highest BCUT2D eigenvalue weighted by molar-refractivity contribution is 5.76. The molecular weight excluding hydrogens is 257 g/mol. The molecule has 1 aliphatic heterocycles. The number of aromatic nitrogens is 2. The fourth-order valence-corrected chi connectivity index (χ4v) is 2.85. The van der Waals surface area contributed by atoms with Gasteiger partial charge >= 0.3 is 0 Å². The number of hydrogen-bond donors (Lipinski definition) is 1. The molecule has 1 fully saturated rings. The first-order valence-corrected chi connectivity index (χ1v) is 7.13. The molecular formula is C15H20FN3O. The molecule has 2 atom stereocenters. The highest BCUT2D eigenvalue weighted by Crippen LogP contribution is 2.28. The second kappa shape index (κ2) is 5.50. The second-order valence-electron chi connectivity index (χ2n) is 5.37. The molecule has 4 nitrogen and oxygen atoms in total. The maximum absolute atomic E-state index is 13.4. The number of rotatable bonds is 4. The highest BCUT2D eigenvalue weighted by atomic mass is 19.1. The summed E-state index contributed by atoms with van der Waals surface area (Å²) in [5.41, 5.74) is 1.67. The highest BCUT2D eigenvalue weighted by Gasteiger charge is 2.32. The fraction of sp³-hybridized carbons (Fsp3) is 0.533. The van der Waals surface area contributed by atoms with Crippen LogP contribution in [0.15, 0.2) is 18.2 Å². The molecule has 1 saturated heterocycles. The number of benzene rings is 1. The Morgan fingerprint density at radius 1 is 1.45 bits per heavy atom. The van der Waals surface area contributed by atoms with Gasteiger partial charge in [-0.1, -0.05) is 6.92 Å². The molecule has 0 radical (unpaired) electrons. The van der Waals surface area contributed by atoms with Crippen molar-refractivity contribution in [2.24, 2.45) is 7.05 Å². The summed E-state index contributed by atoms with van der Waals surface area (Å²) in [5, 5.41) is 3.51. The van der Waals surface area contributed by atoms with E-state index in [1.165, 1.54) is 12.1 Å². The van der Waals surface area contributed by atoms with E-state index in [9.17, 15) is 4.39 Å². The molecule has 0 spiro atoms. The van der Waals surface area contributed by atoms with E-state index in [0.29, 0.717) is 13.2 Å². The van der Waals surface area contributed by atoms with Crippen molar-refractivity contribution < 1.29 is 9.13 Å². The lowest BCUT2D eigenvalue weighted by atomic mass is 10.0. The van der Waals surface area contributed by atoms with Crippen LogP contribution >= 0.6 is 0 Å². The van der Waals surface area contributed by atoms with Gasteiger partial charge in [-0.15, -0.1) is 0 Å². The van der Waals surface area contributed by atoms with Gasteiger partial charge in [0.05, 0.1) is 30.2 Å². The summed E-state index contributed by atoms with van der Waals surface area (Å²) in [6, 6.07) is 5.02. The van der Waals surface area contributed by atoms with Crippen LogP contribution in [0.3, 0.4) is 0 Å². The lowest BCUT2D eigenvalue weighted by molar-refractivity contribution is 0.187. The average molecular weight is 277 g/mol. The summed E-state index contributed by atoms with van der Waals surface area (Å²) in [4.78, 5) is 4.67.